The number of amides is 1. The minimum atomic E-state index is -0.00939. The van der Waals surface area contributed by atoms with E-state index in [9.17, 15) is 9.59 Å². The van der Waals surface area contributed by atoms with E-state index in [0.29, 0.717) is 19.5 Å². The fraction of sp³-hybridized carbons (Fsp3) is 0.429. The molecule has 0 heterocycles. The molecular weight excluding hydrogens is 228 g/mol. The molecule has 1 aromatic carbocycles. The van der Waals surface area contributed by atoms with Gasteiger partial charge in [-0.25, -0.2) is 0 Å². The zero-order valence-electron chi connectivity index (χ0n) is 11.2. The Bertz CT molecular complexity index is 430. The fourth-order valence-corrected chi connectivity index (χ4v) is 1.65. The van der Waals surface area contributed by atoms with E-state index in [1.807, 2.05) is 43.1 Å². The van der Waals surface area contributed by atoms with Crippen LogP contribution in [0.4, 0.5) is 0 Å². The summed E-state index contributed by atoms with van der Waals surface area (Å²) in [6, 6.07) is 7.55. The zero-order chi connectivity index (χ0) is 13.5. The number of Topliss-reactive ketones (excluding diaryl/α,β-unsaturated/α-hetero) is 1. The Morgan fingerprint density at radius 1 is 1.33 bits per heavy atom. The monoisotopic (exact) mass is 248 g/mol. The van der Waals surface area contributed by atoms with E-state index < -0.39 is 0 Å². The van der Waals surface area contributed by atoms with Gasteiger partial charge in [0.05, 0.1) is 6.54 Å². The van der Waals surface area contributed by atoms with Gasteiger partial charge in [-0.05, 0) is 20.0 Å². The number of carbonyl (C=O) groups excluding carboxylic acids is 2. The highest BCUT2D eigenvalue weighted by atomic mass is 16.1. The third kappa shape index (κ3) is 4.67. The Balaban J connectivity index is 2.47. The van der Waals surface area contributed by atoms with Gasteiger partial charge >= 0.3 is 0 Å². The molecule has 0 saturated heterocycles. The molecule has 1 rings (SSSR count). The Hall–Kier alpha value is -1.68. The molecule has 98 valence electrons. The summed E-state index contributed by atoms with van der Waals surface area (Å²) < 4.78 is 0. The summed E-state index contributed by atoms with van der Waals surface area (Å²) in [6.45, 7) is 2.88. The molecule has 18 heavy (non-hydrogen) atoms. The number of ketones is 1. The van der Waals surface area contributed by atoms with Crippen LogP contribution >= 0.6 is 0 Å². The molecule has 0 unspecified atom stereocenters. The van der Waals surface area contributed by atoms with Gasteiger partial charge in [-0.1, -0.05) is 23.8 Å². The van der Waals surface area contributed by atoms with Crippen LogP contribution in [-0.2, 0) is 4.79 Å². The first kappa shape index (κ1) is 14.4. The maximum absolute atomic E-state index is 12.0. The molecule has 0 spiro atoms. The molecule has 0 aliphatic rings. The third-order valence-corrected chi connectivity index (χ3v) is 2.75. The first-order chi connectivity index (χ1) is 8.52. The summed E-state index contributed by atoms with van der Waals surface area (Å²) in [4.78, 5) is 24.9. The first-order valence-electron chi connectivity index (χ1n) is 6.02. The van der Waals surface area contributed by atoms with Crippen molar-refractivity contribution in [3.05, 3.63) is 35.4 Å². The quantitative estimate of drug-likeness (QED) is 0.771. The van der Waals surface area contributed by atoms with E-state index >= 15 is 0 Å². The van der Waals surface area contributed by atoms with Crippen molar-refractivity contribution < 1.29 is 9.59 Å². The van der Waals surface area contributed by atoms with Crippen LogP contribution in [0, 0.1) is 6.92 Å². The van der Waals surface area contributed by atoms with Crippen molar-refractivity contribution in [3.63, 3.8) is 0 Å². The van der Waals surface area contributed by atoms with Gasteiger partial charge in [0.1, 0.15) is 0 Å². The second-order valence-electron chi connectivity index (χ2n) is 4.45. The van der Waals surface area contributed by atoms with Gasteiger partial charge in [0, 0.05) is 25.6 Å². The lowest BCUT2D eigenvalue weighted by Crippen LogP contribution is -2.30. The van der Waals surface area contributed by atoms with E-state index in [0.717, 1.165) is 11.1 Å². The van der Waals surface area contributed by atoms with E-state index in [4.69, 9.17) is 0 Å². The Morgan fingerprint density at radius 2 is 2.06 bits per heavy atom. The highest BCUT2D eigenvalue weighted by Gasteiger charge is 2.10. The van der Waals surface area contributed by atoms with Crippen molar-refractivity contribution in [1.82, 2.24) is 10.2 Å². The standard InChI is InChI=1S/C14H20N2O2/c1-11-5-4-6-12(9-11)13(17)10-16(3)8-7-14(18)15-2/h4-6,9H,7-8,10H2,1-3H3,(H,15,18). The topological polar surface area (TPSA) is 49.4 Å². The maximum Gasteiger partial charge on any atom is 0.221 e. The van der Waals surface area contributed by atoms with Crippen LogP contribution in [0.15, 0.2) is 24.3 Å². The molecule has 0 fully saturated rings. The van der Waals surface area contributed by atoms with Gasteiger partial charge in [0.25, 0.3) is 0 Å². The number of carbonyl (C=O) groups is 2. The lowest BCUT2D eigenvalue weighted by Gasteiger charge is -2.15. The number of rotatable bonds is 6. The van der Waals surface area contributed by atoms with Crippen LogP contribution < -0.4 is 5.32 Å². The summed E-state index contributed by atoms with van der Waals surface area (Å²) >= 11 is 0. The lowest BCUT2D eigenvalue weighted by molar-refractivity contribution is -0.120. The molecule has 4 nitrogen and oxygen atoms in total. The van der Waals surface area contributed by atoms with Gasteiger partial charge in [-0.3, -0.25) is 14.5 Å². The molecule has 0 bridgehead atoms. The number of likely N-dealkylation sites (N-methyl/N-ethyl adjacent to an activating group) is 1. The van der Waals surface area contributed by atoms with Crippen LogP contribution in [0.2, 0.25) is 0 Å². The number of nitrogens with zero attached hydrogens (tertiary/aromatic N) is 1. The van der Waals surface area contributed by atoms with E-state index in [1.54, 1.807) is 7.05 Å². The number of benzene rings is 1. The average molecular weight is 248 g/mol. The number of aryl methyl sites for hydroxylation is 1. The zero-order valence-corrected chi connectivity index (χ0v) is 11.2. The van der Waals surface area contributed by atoms with Gasteiger partial charge in [-0.2, -0.15) is 0 Å². The molecule has 0 radical (unpaired) electrons. The second-order valence-corrected chi connectivity index (χ2v) is 4.45. The van der Waals surface area contributed by atoms with E-state index in [1.165, 1.54) is 0 Å². The lowest BCUT2D eigenvalue weighted by atomic mass is 10.1. The molecule has 0 atom stereocenters. The van der Waals surface area contributed by atoms with E-state index in [2.05, 4.69) is 5.32 Å². The second kappa shape index (κ2) is 6.91. The fourth-order valence-electron chi connectivity index (χ4n) is 1.65. The van der Waals surface area contributed by atoms with Gasteiger partial charge in [0.2, 0.25) is 5.91 Å². The Kier molecular flexibility index (Phi) is 5.52. The minimum Gasteiger partial charge on any atom is -0.359 e. The minimum absolute atomic E-state index is 0.00939. The first-order valence-corrected chi connectivity index (χ1v) is 6.02. The van der Waals surface area contributed by atoms with Crippen molar-refractivity contribution in [2.24, 2.45) is 0 Å². The van der Waals surface area contributed by atoms with Crippen LogP contribution in [0.5, 0.6) is 0 Å². The summed E-state index contributed by atoms with van der Waals surface area (Å²) in [7, 11) is 3.46. The number of nitrogens with one attached hydrogen (secondary N) is 1. The molecule has 4 heteroatoms. The number of hydrogen-bond acceptors (Lipinski definition) is 3. The Labute approximate surface area is 108 Å². The molecule has 0 aromatic heterocycles. The third-order valence-electron chi connectivity index (χ3n) is 2.75. The molecule has 0 aliphatic heterocycles. The summed E-state index contributed by atoms with van der Waals surface area (Å²) in [5, 5.41) is 2.56. The van der Waals surface area contributed by atoms with Gasteiger partial charge < -0.3 is 5.32 Å². The van der Waals surface area contributed by atoms with Crippen LogP contribution in [0.1, 0.15) is 22.3 Å². The molecule has 0 aliphatic carbocycles. The van der Waals surface area contributed by atoms with Crippen molar-refractivity contribution in [3.8, 4) is 0 Å². The van der Waals surface area contributed by atoms with Crippen molar-refractivity contribution in [2.75, 3.05) is 27.2 Å². The molecule has 1 aromatic rings. The Morgan fingerprint density at radius 3 is 2.67 bits per heavy atom. The van der Waals surface area contributed by atoms with Crippen LogP contribution in [0.25, 0.3) is 0 Å². The van der Waals surface area contributed by atoms with Crippen molar-refractivity contribution in [2.45, 2.75) is 13.3 Å². The van der Waals surface area contributed by atoms with E-state index in [-0.39, 0.29) is 11.7 Å². The predicted molar refractivity (Wildman–Crippen MR) is 71.7 cm³/mol. The summed E-state index contributed by atoms with van der Waals surface area (Å²) in [5.41, 5.74) is 1.80. The normalized spacial score (nSPS) is 10.4. The van der Waals surface area contributed by atoms with Crippen molar-refractivity contribution >= 4 is 11.7 Å². The molecule has 0 saturated carbocycles. The van der Waals surface area contributed by atoms with Crippen LogP contribution in [-0.4, -0.2) is 43.8 Å². The molecular formula is C14H20N2O2. The number of hydrogen-bond donors (Lipinski definition) is 1. The summed E-state index contributed by atoms with van der Waals surface area (Å²) in [6.07, 6.45) is 0.411. The molecule has 1 amide bonds. The SMILES string of the molecule is CNC(=O)CCN(C)CC(=O)c1cccc(C)c1. The smallest absolute Gasteiger partial charge is 0.221 e. The highest BCUT2D eigenvalue weighted by Crippen LogP contribution is 2.05. The predicted octanol–water partition coefficient (Wildman–Crippen LogP) is 1.25. The van der Waals surface area contributed by atoms with Crippen molar-refractivity contribution in [1.29, 1.82) is 0 Å². The van der Waals surface area contributed by atoms with Crippen LogP contribution in [0.3, 0.4) is 0 Å². The summed E-state index contributed by atoms with van der Waals surface area (Å²) in [5.74, 6) is 0.0722. The largest absolute Gasteiger partial charge is 0.359 e. The average Bonchev–Trinajstić information content (AvgIpc) is 2.35. The maximum atomic E-state index is 12.0. The van der Waals surface area contributed by atoms with Gasteiger partial charge in [-0.15, -0.1) is 0 Å². The van der Waals surface area contributed by atoms with Gasteiger partial charge in [0.15, 0.2) is 5.78 Å². The highest BCUT2D eigenvalue weighted by molar-refractivity contribution is 5.97. The molecule has 1 N–H and O–H groups in total.